The van der Waals surface area contributed by atoms with E-state index in [4.69, 9.17) is 9.84 Å². The number of carbonyl (C=O) groups excluding carboxylic acids is 1. The van der Waals surface area contributed by atoms with Crippen LogP contribution in [0.3, 0.4) is 0 Å². The molecule has 0 aromatic heterocycles. The fraction of sp³-hybridized carbons (Fsp3) is 0.545. The number of carbonyl (C=O) groups is 2. The van der Waals surface area contributed by atoms with Crippen LogP contribution in [0.1, 0.15) is 76.7 Å². The molecule has 0 aliphatic heterocycles. The standard InChI is InChI=1S/C22H32O4/c1-2-3-4-5-6-7-8-9-10-11-14-19-15-12-13-16-20(19)26-22(25)18-17-21(23)24/h12-13,15-18H,2-11,14H2,1H3,(H,23,24)/b18-17+. The van der Waals surface area contributed by atoms with Crippen LogP contribution in [0.15, 0.2) is 36.4 Å². The van der Waals surface area contributed by atoms with Crippen LogP contribution < -0.4 is 4.74 Å². The molecule has 0 unspecified atom stereocenters. The number of esters is 1. The van der Waals surface area contributed by atoms with Gasteiger partial charge in [0.1, 0.15) is 5.75 Å². The van der Waals surface area contributed by atoms with Crippen molar-refractivity contribution in [3.63, 3.8) is 0 Å². The van der Waals surface area contributed by atoms with Crippen molar-refractivity contribution >= 4 is 11.9 Å². The lowest BCUT2D eigenvalue weighted by molar-refractivity contribution is -0.133. The molecule has 0 aliphatic carbocycles. The van der Waals surface area contributed by atoms with Gasteiger partial charge in [-0.05, 0) is 24.5 Å². The Morgan fingerprint density at radius 3 is 2.08 bits per heavy atom. The lowest BCUT2D eigenvalue weighted by Gasteiger charge is -2.08. The number of rotatable bonds is 14. The fourth-order valence-corrected chi connectivity index (χ4v) is 2.89. The molecule has 0 radical (unpaired) electrons. The lowest BCUT2D eigenvalue weighted by Crippen LogP contribution is -2.06. The van der Waals surface area contributed by atoms with Crippen LogP contribution in [0.25, 0.3) is 0 Å². The van der Waals surface area contributed by atoms with Crippen LogP contribution in [0.2, 0.25) is 0 Å². The third-order valence-corrected chi connectivity index (χ3v) is 4.34. The average Bonchev–Trinajstić information content (AvgIpc) is 2.63. The van der Waals surface area contributed by atoms with E-state index in [1.54, 1.807) is 6.07 Å². The smallest absolute Gasteiger partial charge is 0.336 e. The van der Waals surface area contributed by atoms with Gasteiger partial charge in [-0.15, -0.1) is 0 Å². The summed E-state index contributed by atoms with van der Waals surface area (Å²) >= 11 is 0. The highest BCUT2D eigenvalue weighted by Gasteiger charge is 2.07. The normalized spacial score (nSPS) is 11.0. The molecular weight excluding hydrogens is 328 g/mol. The minimum atomic E-state index is -1.17. The van der Waals surface area contributed by atoms with E-state index in [-0.39, 0.29) is 0 Å². The Bertz CT molecular complexity index is 563. The molecule has 0 spiro atoms. The zero-order valence-electron chi connectivity index (χ0n) is 15.9. The molecule has 0 bridgehead atoms. The highest BCUT2D eigenvalue weighted by molar-refractivity contribution is 5.91. The number of ether oxygens (including phenoxy) is 1. The first-order chi connectivity index (χ1) is 12.6. The first-order valence-corrected chi connectivity index (χ1v) is 9.84. The van der Waals surface area contributed by atoms with Gasteiger partial charge in [0.05, 0.1) is 0 Å². The second kappa shape index (κ2) is 14.1. The maximum Gasteiger partial charge on any atom is 0.336 e. The van der Waals surface area contributed by atoms with Crippen LogP contribution >= 0.6 is 0 Å². The monoisotopic (exact) mass is 360 g/mol. The molecule has 0 saturated carbocycles. The number of carboxylic acids is 1. The maximum absolute atomic E-state index is 11.6. The molecular formula is C22H32O4. The largest absolute Gasteiger partial charge is 0.478 e. The minimum Gasteiger partial charge on any atom is -0.478 e. The minimum absolute atomic E-state index is 0.517. The second-order valence-corrected chi connectivity index (χ2v) is 6.63. The summed E-state index contributed by atoms with van der Waals surface area (Å²) in [5.41, 5.74) is 0.990. The Morgan fingerprint density at radius 1 is 0.885 bits per heavy atom. The summed E-state index contributed by atoms with van der Waals surface area (Å²) in [5.74, 6) is -1.31. The van der Waals surface area contributed by atoms with Gasteiger partial charge in [-0.3, -0.25) is 0 Å². The second-order valence-electron chi connectivity index (χ2n) is 6.63. The van der Waals surface area contributed by atoms with E-state index in [1.807, 2.05) is 18.2 Å². The molecule has 0 atom stereocenters. The van der Waals surface area contributed by atoms with Gasteiger partial charge in [-0.2, -0.15) is 0 Å². The number of hydrogen-bond acceptors (Lipinski definition) is 3. The van der Waals surface area contributed by atoms with E-state index < -0.39 is 11.9 Å². The fourth-order valence-electron chi connectivity index (χ4n) is 2.89. The Hall–Kier alpha value is -2.10. The number of hydrogen-bond donors (Lipinski definition) is 1. The molecule has 144 valence electrons. The van der Waals surface area contributed by atoms with Crippen molar-refractivity contribution in [2.75, 3.05) is 0 Å². The van der Waals surface area contributed by atoms with Crippen molar-refractivity contribution in [3.8, 4) is 5.75 Å². The van der Waals surface area contributed by atoms with Crippen LogP contribution in [0.5, 0.6) is 5.75 Å². The van der Waals surface area contributed by atoms with Crippen molar-refractivity contribution < 1.29 is 19.4 Å². The van der Waals surface area contributed by atoms with E-state index in [1.165, 1.54) is 57.8 Å². The zero-order chi connectivity index (χ0) is 19.0. The Kier molecular flexibility index (Phi) is 11.9. The molecule has 0 heterocycles. The molecule has 1 rings (SSSR count). The summed E-state index contributed by atoms with van der Waals surface area (Å²) in [4.78, 5) is 22.1. The van der Waals surface area contributed by atoms with Gasteiger partial charge >= 0.3 is 11.9 Å². The molecule has 4 nitrogen and oxygen atoms in total. The summed E-state index contributed by atoms with van der Waals surface area (Å²) in [6.45, 7) is 2.24. The summed E-state index contributed by atoms with van der Waals surface area (Å²) in [6, 6.07) is 7.44. The van der Waals surface area contributed by atoms with Crippen molar-refractivity contribution in [2.45, 2.75) is 77.6 Å². The number of unbranched alkanes of at least 4 members (excludes halogenated alkanes) is 9. The van der Waals surface area contributed by atoms with Crippen molar-refractivity contribution in [1.82, 2.24) is 0 Å². The highest BCUT2D eigenvalue weighted by atomic mass is 16.5. The van der Waals surface area contributed by atoms with E-state index >= 15 is 0 Å². The third kappa shape index (κ3) is 10.7. The van der Waals surface area contributed by atoms with E-state index in [9.17, 15) is 9.59 Å². The van der Waals surface area contributed by atoms with Crippen LogP contribution in [0.4, 0.5) is 0 Å². The summed E-state index contributed by atoms with van der Waals surface area (Å²) in [6.07, 6.45) is 15.4. The quantitative estimate of drug-likeness (QED) is 0.200. The summed E-state index contributed by atoms with van der Waals surface area (Å²) in [7, 11) is 0. The summed E-state index contributed by atoms with van der Waals surface area (Å²) < 4.78 is 5.25. The van der Waals surface area contributed by atoms with E-state index in [0.29, 0.717) is 5.75 Å². The van der Waals surface area contributed by atoms with Gasteiger partial charge < -0.3 is 9.84 Å². The molecule has 0 amide bonds. The van der Waals surface area contributed by atoms with Crippen LogP contribution in [-0.4, -0.2) is 17.0 Å². The molecule has 0 fully saturated rings. The SMILES string of the molecule is CCCCCCCCCCCCc1ccccc1OC(=O)/C=C/C(=O)O. The Balaban J connectivity index is 2.24. The van der Waals surface area contributed by atoms with Crippen molar-refractivity contribution in [2.24, 2.45) is 0 Å². The van der Waals surface area contributed by atoms with Gasteiger partial charge in [0, 0.05) is 12.2 Å². The van der Waals surface area contributed by atoms with Crippen molar-refractivity contribution in [1.29, 1.82) is 0 Å². The average molecular weight is 360 g/mol. The van der Waals surface area contributed by atoms with Gasteiger partial charge in [0.25, 0.3) is 0 Å². The predicted molar refractivity (Wildman–Crippen MR) is 104 cm³/mol. The number of para-hydroxylation sites is 1. The Morgan fingerprint density at radius 2 is 1.46 bits per heavy atom. The topological polar surface area (TPSA) is 63.6 Å². The number of carboxylic acid groups (broad SMARTS) is 1. The Labute approximate surface area is 157 Å². The van der Waals surface area contributed by atoms with Crippen molar-refractivity contribution in [3.05, 3.63) is 42.0 Å². The summed E-state index contributed by atoms with van der Waals surface area (Å²) in [5, 5.41) is 8.55. The molecule has 1 aromatic rings. The zero-order valence-corrected chi connectivity index (χ0v) is 15.9. The van der Waals surface area contributed by atoms with Gasteiger partial charge in [0.15, 0.2) is 0 Å². The van der Waals surface area contributed by atoms with Crippen LogP contribution in [0, 0.1) is 0 Å². The first kappa shape index (κ1) is 21.9. The van der Waals surface area contributed by atoms with Gasteiger partial charge in [-0.1, -0.05) is 82.9 Å². The molecule has 0 saturated heterocycles. The number of aryl methyl sites for hydroxylation is 1. The lowest BCUT2D eigenvalue weighted by atomic mass is 10.0. The van der Waals surface area contributed by atoms with E-state index in [0.717, 1.165) is 30.6 Å². The molecule has 0 aliphatic rings. The number of benzene rings is 1. The highest BCUT2D eigenvalue weighted by Crippen LogP contribution is 2.21. The molecule has 1 aromatic carbocycles. The maximum atomic E-state index is 11.6. The van der Waals surface area contributed by atoms with E-state index in [2.05, 4.69) is 6.92 Å². The van der Waals surface area contributed by atoms with Gasteiger partial charge in [0.2, 0.25) is 0 Å². The molecule has 26 heavy (non-hydrogen) atoms. The van der Waals surface area contributed by atoms with Gasteiger partial charge in [-0.25, -0.2) is 9.59 Å². The van der Waals surface area contributed by atoms with Crippen LogP contribution in [-0.2, 0) is 16.0 Å². The third-order valence-electron chi connectivity index (χ3n) is 4.34. The molecule has 4 heteroatoms. The number of aliphatic carboxylic acids is 1. The molecule has 1 N–H and O–H groups in total. The first-order valence-electron chi connectivity index (χ1n) is 9.84. The predicted octanol–water partition coefficient (Wildman–Crippen LogP) is 5.70.